The number of amides is 1. The van der Waals surface area contributed by atoms with Crippen molar-refractivity contribution in [3.63, 3.8) is 0 Å². The smallest absolute Gasteiger partial charge is 0.410 e. The fourth-order valence-corrected chi connectivity index (χ4v) is 5.16. The molecule has 1 fully saturated rings. The van der Waals surface area contributed by atoms with E-state index in [1.807, 2.05) is 42.5 Å². The number of nitrogen functional groups attached to an aromatic ring is 1. The van der Waals surface area contributed by atoms with Crippen molar-refractivity contribution in [3.05, 3.63) is 107 Å². The third kappa shape index (κ3) is 4.38. The molecule has 0 radical (unpaired) electrons. The van der Waals surface area contributed by atoms with Gasteiger partial charge in [0.1, 0.15) is 6.61 Å². The second-order valence-corrected chi connectivity index (χ2v) is 9.48. The highest BCUT2D eigenvalue weighted by Gasteiger charge is 2.32. The van der Waals surface area contributed by atoms with Gasteiger partial charge in [-0.15, -0.1) is 0 Å². The van der Waals surface area contributed by atoms with E-state index in [1.165, 1.54) is 22.3 Å². The van der Waals surface area contributed by atoms with Gasteiger partial charge in [-0.1, -0.05) is 66.7 Å². The summed E-state index contributed by atoms with van der Waals surface area (Å²) in [6.07, 6.45) is 4.69. The number of anilines is 1. The van der Waals surface area contributed by atoms with Crippen molar-refractivity contribution < 1.29 is 9.53 Å². The van der Waals surface area contributed by atoms with Crippen molar-refractivity contribution in [1.82, 2.24) is 15.1 Å². The monoisotopic (exact) mass is 476 g/mol. The van der Waals surface area contributed by atoms with Gasteiger partial charge in [0.15, 0.2) is 0 Å². The van der Waals surface area contributed by atoms with Crippen LogP contribution in [0.1, 0.15) is 46.8 Å². The SMILES string of the molecule is Nc1ccc2c(c1)C=C(c1ccc(-c3cc([C@@H]4CCCN4C(=O)OCc4ccccc4)[nH]n3)cc1)C2. The van der Waals surface area contributed by atoms with Gasteiger partial charge in [-0.3, -0.25) is 10.00 Å². The van der Waals surface area contributed by atoms with E-state index in [2.05, 4.69) is 52.7 Å². The van der Waals surface area contributed by atoms with Gasteiger partial charge < -0.3 is 10.5 Å². The molecular weight excluding hydrogens is 448 g/mol. The fourth-order valence-electron chi connectivity index (χ4n) is 5.16. The Hall–Kier alpha value is -4.32. The first-order valence-corrected chi connectivity index (χ1v) is 12.4. The van der Waals surface area contributed by atoms with Gasteiger partial charge in [0, 0.05) is 17.8 Å². The van der Waals surface area contributed by atoms with E-state index in [0.29, 0.717) is 6.54 Å². The number of carbonyl (C=O) groups excluding carboxylic acids is 1. The average molecular weight is 477 g/mol. The summed E-state index contributed by atoms with van der Waals surface area (Å²) in [5, 5.41) is 7.72. The minimum atomic E-state index is -0.283. The number of aromatic nitrogens is 2. The predicted octanol–water partition coefficient (Wildman–Crippen LogP) is 6.23. The molecule has 0 unspecified atom stereocenters. The topological polar surface area (TPSA) is 84.2 Å². The maximum atomic E-state index is 12.8. The molecule has 0 saturated carbocycles. The molecule has 3 N–H and O–H groups in total. The van der Waals surface area contributed by atoms with Crippen LogP contribution in [0.2, 0.25) is 0 Å². The molecule has 6 heteroatoms. The highest BCUT2D eigenvalue weighted by molar-refractivity contribution is 5.89. The van der Waals surface area contributed by atoms with Crippen LogP contribution < -0.4 is 5.73 Å². The van der Waals surface area contributed by atoms with Gasteiger partial charge in [0.25, 0.3) is 0 Å². The Labute approximate surface area is 210 Å². The van der Waals surface area contributed by atoms with Crippen LogP contribution in [-0.2, 0) is 17.8 Å². The number of H-pyrrole nitrogens is 1. The number of hydrogen-bond donors (Lipinski definition) is 2. The first-order valence-electron chi connectivity index (χ1n) is 12.4. The zero-order valence-electron chi connectivity index (χ0n) is 20.0. The Kier molecular flexibility index (Phi) is 5.77. The number of likely N-dealkylation sites (tertiary alicyclic amines) is 1. The summed E-state index contributed by atoms with van der Waals surface area (Å²) >= 11 is 0. The number of allylic oxidation sites excluding steroid dienone is 1. The molecule has 1 atom stereocenters. The lowest BCUT2D eigenvalue weighted by Gasteiger charge is -2.23. The molecule has 6 rings (SSSR count). The molecule has 1 amide bonds. The van der Waals surface area contributed by atoms with Crippen LogP contribution in [0, 0.1) is 0 Å². The summed E-state index contributed by atoms with van der Waals surface area (Å²) in [5.41, 5.74) is 15.6. The summed E-state index contributed by atoms with van der Waals surface area (Å²) in [4.78, 5) is 14.6. The van der Waals surface area contributed by atoms with E-state index in [1.54, 1.807) is 4.90 Å². The van der Waals surface area contributed by atoms with Crippen LogP contribution in [0.15, 0.2) is 78.9 Å². The second-order valence-electron chi connectivity index (χ2n) is 9.48. The predicted molar refractivity (Wildman–Crippen MR) is 142 cm³/mol. The number of nitrogens with zero attached hydrogens (tertiary/aromatic N) is 2. The van der Waals surface area contributed by atoms with Gasteiger partial charge in [0.05, 0.1) is 17.4 Å². The van der Waals surface area contributed by atoms with E-state index >= 15 is 0 Å². The summed E-state index contributed by atoms with van der Waals surface area (Å²) in [6.45, 7) is 0.961. The summed E-state index contributed by atoms with van der Waals surface area (Å²) in [7, 11) is 0. The molecule has 0 bridgehead atoms. The van der Waals surface area contributed by atoms with E-state index in [4.69, 9.17) is 10.5 Å². The molecule has 4 aromatic rings. The minimum Gasteiger partial charge on any atom is -0.445 e. The Morgan fingerprint density at radius 2 is 1.83 bits per heavy atom. The molecule has 1 saturated heterocycles. The Bertz CT molecular complexity index is 1420. The van der Waals surface area contributed by atoms with Crippen LogP contribution in [0.4, 0.5) is 10.5 Å². The molecule has 2 aliphatic rings. The summed E-state index contributed by atoms with van der Waals surface area (Å²) in [6, 6.07) is 26.4. The molecular formula is C30H28N4O2. The first-order chi connectivity index (χ1) is 17.6. The third-order valence-electron chi connectivity index (χ3n) is 7.08. The lowest BCUT2D eigenvalue weighted by atomic mass is 10.0. The van der Waals surface area contributed by atoms with Gasteiger partial charge in [-0.2, -0.15) is 5.10 Å². The van der Waals surface area contributed by atoms with E-state index < -0.39 is 0 Å². The van der Waals surface area contributed by atoms with Gasteiger partial charge in [-0.25, -0.2) is 4.79 Å². The standard InChI is InChI=1S/C30H28N4O2/c31-26-13-12-23-15-24(16-25(23)17-26)21-8-10-22(11-9-21)27-18-28(33-32-27)29-7-4-14-34(29)30(35)36-19-20-5-2-1-3-6-20/h1-3,5-6,8-13,16-18,29H,4,7,14-15,19,31H2,(H,32,33)/t29-/m0/s1. The van der Waals surface area contributed by atoms with E-state index in [0.717, 1.165) is 47.5 Å². The van der Waals surface area contributed by atoms with Gasteiger partial charge >= 0.3 is 6.09 Å². The maximum Gasteiger partial charge on any atom is 0.410 e. The number of aromatic amines is 1. The van der Waals surface area contributed by atoms with Crippen molar-refractivity contribution >= 4 is 23.4 Å². The van der Waals surface area contributed by atoms with Crippen LogP contribution >= 0.6 is 0 Å². The molecule has 1 aromatic heterocycles. The first kappa shape index (κ1) is 22.2. The number of benzene rings is 3. The van der Waals surface area contributed by atoms with Crippen LogP contribution in [0.5, 0.6) is 0 Å². The largest absolute Gasteiger partial charge is 0.445 e. The van der Waals surface area contributed by atoms with Crippen molar-refractivity contribution in [2.45, 2.75) is 31.9 Å². The number of fused-ring (bicyclic) bond motifs is 1. The Morgan fingerprint density at radius 1 is 1.03 bits per heavy atom. The second kappa shape index (κ2) is 9.38. The number of carbonyl (C=O) groups is 1. The Morgan fingerprint density at radius 3 is 2.67 bits per heavy atom. The molecule has 6 nitrogen and oxygen atoms in total. The lowest BCUT2D eigenvalue weighted by molar-refractivity contribution is 0.0915. The molecule has 36 heavy (non-hydrogen) atoms. The maximum absolute atomic E-state index is 12.8. The van der Waals surface area contributed by atoms with E-state index in [9.17, 15) is 4.79 Å². The van der Waals surface area contributed by atoms with Crippen molar-refractivity contribution in [3.8, 4) is 11.3 Å². The van der Waals surface area contributed by atoms with Crippen molar-refractivity contribution in [2.75, 3.05) is 12.3 Å². The van der Waals surface area contributed by atoms with Gasteiger partial charge in [0.2, 0.25) is 0 Å². The highest BCUT2D eigenvalue weighted by atomic mass is 16.6. The molecule has 1 aliphatic carbocycles. The molecule has 0 spiro atoms. The zero-order valence-corrected chi connectivity index (χ0v) is 20.0. The van der Waals surface area contributed by atoms with Crippen molar-refractivity contribution in [2.24, 2.45) is 0 Å². The Balaban J connectivity index is 1.13. The lowest BCUT2D eigenvalue weighted by Crippen LogP contribution is -2.31. The minimum absolute atomic E-state index is 0.0524. The number of ether oxygens (including phenoxy) is 1. The van der Waals surface area contributed by atoms with Crippen LogP contribution in [0.25, 0.3) is 22.9 Å². The van der Waals surface area contributed by atoms with Crippen LogP contribution in [-0.4, -0.2) is 27.7 Å². The quantitative estimate of drug-likeness (QED) is 0.335. The third-order valence-corrected chi connectivity index (χ3v) is 7.08. The molecule has 3 aromatic carbocycles. The highest BCUT2D eigenvalue weighted by Crippen LogP contribution is 2.35. The number of nitrogens with one attached hydrogen (secondary N) is 1. The molecule has 2 heterocycles. The van der Waals surface area contributed by atoms with Gasteiger partial charge in [-0.05, 0) is 65.3 Å². The number of rotatable bonds is 5. The number of hydrogen-bond acceptors (Lipinski definition) is 4. The zero-order chi connectivity index (χ0) is 24.5. The number of nitrogens with two attached hydrogens (primary N) is 1. The summed E-state index contributed by atoms with van der Waals surface area (Å²) < 4.78 is 5.59. The fraction of sp³-hybridized carbons (Fsp3) is 0.200. The average Bonchev–Trinajstić information content (AvgIpc) is 3.67. The van der Waals surface area contributed by atoms with Crippen molar-refractivity contribution in [1.29, 1.82) is 0 Å². The molecule has 180 valence electrons. The molecule has 1 aliphatic heterocycles. The van der Waals surface area contributed by atoms with E-state index in [-0.39, 0.29) is 18.7 Å². The van der Waals surface area contributed by atoms with Crippen LogP contribution in [0.3, 0.4) is 0 Å². The summed E-state index contributed by atoms with van der Waals surface area (Å²) in [5.74, 6) is 0. The normalized spacial score (nSPS) is 16.6.